The van der Waals surface area contributed by atoms with Crippen molar-refractivity contribution in [2.75, 3.05) is 11.9 Å². The van der Waals surface area contributed by atoms with Crippen LogP contribution < -0.4 is 4.90 Å². The Morgan fingerprint density at radius 3 is 2.41 bits per heavy atom. The van der Waals surface area contributed by atoms with Gasteiger partial charge < -0.3 is 4.90 Å². The first kappa shape index (κ1) is 15.7. The van der Waals surface area contributed by atoms with Crippen LogP contribution >= 0.6 is 0 Å². The molecule has 0 saturated heterocycles. The van der Waals surface area contributed by atoms with E-state index in [4.69, 9.17) is 0 Å². The SMILES string of the molecule is CN(Cc1ccc(C(F)(F)F)cc1)c1ncccc1[N+](=O)[O-]. The lowest BCUT2D eigenvalue weighted by Crippen LogP contribution is -2.19. The molecule has 0 aliphatic carbocycles. The van der Waals surface area contributed by atoms with Crippen molar-refractivity contribution in [3.05, 3.63) is 63.8 Å². The third-order valence-electron chi connectivity index (χ3n) is 3.03. The van der Waals surface area contributed by atoms with E-state index in [0.29, 0.717) is 5.56 Å². The standard InChI is InChI=1S/C14H12F3N3O2/c1-19(13-12(20(21)22)3-2-8-18-13)9-10-4-6-11(7-5-10)14(15,16)17/h2-8H,9H2,1H3. The molecular weight excluding hydrogens is 299 g/mol. The lowest BCUT2D eigenvalue weighted by atomic mass is 10.1. The molecule has 2 aromatic rings. The fourth-order valence-electron chi connectivity index (χ4n) is 1.97. The number of hydrogen-bond donors (Lipinski definition) is 0. The van der Waals surface area contributed by atoms with Crippen LogP contribution in [0.2, 0.25) is 0 Å². The summed E-state index contributed by atoms with van der Waals surface area (Å²) >= 11 is 0. The maximum absolute atomic E-state index is 12.5. The Bertz CT molecular complexity index is 672. The van der Waals surface area contributed by atoms with E-state index in [9.17, 15) is 23.3 Å². The van der Waals surface area contributed by atoms with Gasteiger partial charge in [-0.3, -0.25) is 10.1 Å². The number of benzene rings is 1. The van der Waals surface area contributed by atoms with E-state index >= 15 is 0 Å². The summed E-state index contributed by atoms with van der Waals surface area (Å²) in [4.78, 5) is 15.9. The van der Waals surface area contributed by atoms with Gasteiger partial charge >= 0.3 is 11.9 Å². The number of anilines is 1. The fraction of sp³-hybridized carbons (Fsp3) is 0.214. The summed E-state index contributed by atoms with van der Waals surface area (Å²) in [5, 5.41) is 10.9. The molecule has 0 atom stereocenters. The van der Waals surface area contributed by atoms with E-state index < -0.39 is 16.7 Å². The van der Waals surface area contributed by atoms with E-state index in [-0.39, 0.29) is 18.1 Å². The minimum Gasteiger partial charge on any atom is -0.350 e. The van der Waals surface area contributed by atoms with Crippen LogP contribution in [0.15, 0.2) is 42.6 Å². The number of pyridine rings is 1. The number of alkyl halides is 3. The highest BCUT2D eigenvalue weighted by Gasteiger charge is 2.30. The third-order valence-corrected chi connectivity index (χ3v) is 3.03. The molecular formula is C14H12F3N3O2. The molecule has 2 rings (SSSR count). The third kappa shape index (κ3) is 3.51. The van der Waals surface area contributed by atoms with Gasteiger partial charge in [0.1, 0.15) is 0 Å². The summed E-state index contributed by atoms with van der Waals surface area (Å²) in [6.45, 7) is 0.204. The lowest BCUT2D eigenvalue weighted by molar-refractivity contribution is -0.384. The average molecular weight is 311 g/mol. The molecule has 1 aromatic carbocycles. The summed E-state index contributed by atoms with van der Waals surface area (Å²) < 4.78 is 37.5. The second-order valence-corrected chi connectivity index (χ2v) is 4.65. The molecule has 0 radical (unpaired) electrons. The van der Waals surface area contributed by atoms with Gasteiger partial charge in [-0.1, -0.05) is 12.1 Å². The van der Waals surface area contributed by atoms with Crippen LogP contribution in [-0.2, 0) is 12.7 Å². The molecule has 0 amide bonds. The normalized spacial score (nSPS) is 11.3. The van der Waals surface area contributed by atoms with Crippen molar-refractivity contribution in [2.45, 2.75) is 12.7 Å². The second-order valence-electron chi connectivity index (χ2n) is 4.65. The van der Waals surface area contributed by atoms with E-state index in [0.717, 1.165) is 12.1 Å². The molecule has 1 aromatic heterocycles. The molecule has 0 saturated carbocycles. The number of aromatic nitrogens is 1. The Balaban J connectivity index is 2.19. The monoisotopic (exact) mass is 311 g/mol. The number of rotatable bonds is 4. The summed E-state index contributed by atoms with van der Waals surface area (Å²) in [5.74, 6) is 0.160. The van der Waals surface area contributed by atoms with Crippen molar-refractivity contribution in [3.63, 3.8) is 0 Å². The Kier molecular flexibility index (Phi) is 4.30. The molecule has 0 fully saturated rings. The number of halogens is 3. The predicted molar refractivity (Wildman–Crippen MR) is 74.4 cm³/mol. The maximum atomic E-state index is 12.5. The van der Waals surface area contributed by atoms with Crippen molar-refractivity contribution in [2.24, 2.45) is 0 Å². The first-order chi connectivity index (χ1) is 10.3. The molecule has 0 spiro atoms. The number of nitrogens with zero attached hydrogens (tertiary/aromatic N) is 3. The fourth-order valence-corrected chi connectivity index (χ4v) is 1.97. The van der Waals surface area contributed by atoms with Crippen LogP contribution in [0.25, 0.3) is 0 Å². The minimum atomic E-state index is -4.38. The van der Waals surface area contributed by atoms with Gasteiger partial charge in [-0.2, -0.15) is 13.2 Å². The van der Waals surface area contributed by atoms with E-state index in [1.807, 2.05) is 0 Å². The first-order valence-electron chi connectivity index (χ1n) is 6.25. The van der Waals surface area contributed by atoms with Crippen LogP contribution in [0.5, 0.6) is 0 Å². The molecule has 0 unspecified atom stereocenters. The highest BCUT2D eigenvalue weighted by molar-refractivity contribution is 5.56. The summed E-state index contributed by atoms with van der Waals surface area (Å²) in [6.07, 6.45) is -2.96. The molecule has 116 valence electrons. The van der Waals surface area contributed by atoms with Gasteiger partial charge in [-0.25, -0.2) is 4.98 Å². The van der Waals surface area contributed by atoms with Crippen molar-refractivity contribution < 1.29 is 18.1 Å². The van der Waals surface area contributed by atoms with Gasteiger partial charge in [0.15, 0.2) is 0 Å². The maximum Gasteiger partial charge on any atom is 0.416 e. The molecule has 0 bridgehead atoms. The number of nitro groups is 1. The number of hydrogen-bond acceptors (Lipinski definition) is 4. The van der Waals surface area contributed by atoms with Gasteiger partial charge in [0.05, 0.1) is 10.5 Å². The van der Waals surface area contributed by atoms with Gasteiger partial charge in [0.2, 0.25) is 5.82 Å². The van der Waals surface area contributed by atoms with Crippen LogP contribution in [-0.4, -0.2) is 17.0 Å². The molecule has 8 heteroatoms. The van der Waals surface area contributed by atoms with Crippen LogP contribution in [0.3, 0.4) is 0 Å². The summed E-state index contributed by atoms with van der Waals surface area (Å²) in [6, 6.07) is 7.42. The molecule has 1 heterocycles. The van der Waals surface area contributed by atoms with Crippen molar-refractivity contribution in [1.29, 1.82) is 0 Å². The zero-order valence-corrected chi connectivity index (χ0v) is 11.5. The van der Waals surface area contributed by atoms with E-state index in [1.165, 1.54) is 35.4 Å². The Morgan fingerprint density at radius 2 is 1.86 bits per heavy atom. The smallest absolute Gasteiger partial charge is 0.350 e. The Labute approximate surface area is 124 Å². The van der Waals surface area contributed by atoms with Crippen molar-refractivity contribution >= 4 is 11.5 Å². The first-order valence-corrected chi connectivity index (χ1v) is 6.25. The van der Waals surface area contributed by atoms with Gasteiger partial charge in [0, 0.05) is 25.9 Å². The average Bonchev–Trinajstić information content (AvgIpc) is 2.46. The second kappa shape index (κ2) is 6.00. The molecule has 22 heavy (non-hydrogen) atoms. The summed E-state index contributed by atoms with van der Waals surface area (Å²) in [7, 11) is 1.59. The van der Waals surface area contributed by atoms with E-state index in [1.54, 1.807) is 7.05 Å². The van der Waals surface area contributed by atoms with Crippen LogP contribution in [0.4, 0.5) is 24.7 Å². The molecule has 0 aliphatic rings. The highest BCUT2D eigenvalue weighted by Crippen LogP contribution is 2.30. The highest BCUT2D eigenvalue weighted by atomic mass is 19.4. The quantitative estimate of drug-likeness (QED) is 0.639. The zero-order valence-electron chi connectivity index (χ0n) is 11.5. The largest absolute Gasteiger partial charge is 0.416 e. The Hall–Kier alpha value is -2.64. The zero-order chi connectivity index (χ0) is 16.3. The summed E-state index contributed by atoms with van der Waals surface area (Å²) in [5.41, 5.74) is -0.296. The van der Waals surface area contributed by atoms with E-state index in [2.05, 4.69) is 4.98 Å². The lowest BCUT2D eigenvalue weighted by Gasteiger charge is -2.18. The van der Waals surface area contributed by atoms with Gasteiger partial charge in [-0.05, 0) is 23.8 Å². The predicted octanol–water partition coefficient (Wildman–Crippen LogP) is 3.65. The van der Waals surface area contributed by atoms with Crippen molar-refractivity contribution in [3.8, 4) is 0 Å². The van der Waals surface area contributed by atoms with Crippen LogP contribution in [0.1, 0.15) is 11.1 Å². The minimum absolute atomic E-state index is 0.156. The topological polar surface area (TPSA) is 59.3 Å². The van der Waals surface area contributed by atoms with Gasteiger partial charge in [0.25, 0.3) is 0 Å². The van der Waals surface area contributed by atoms with Crippen LogP contribution in [0, 0.1) is 10.1 Å². The molecule has 0 aliphatic heterocycles. The van der Waals surface area contributed by atoms with Gasteiger partial charge in [-0.15, -0.1) is 0 Å². The molecule has 0 N–H and O–H groups in total. The Morgan fingerprint density at radius 1 is 1.23 bits per heavy atom. The molecule has 5 nitrogen and oxygen atoms in total. The van der Waals surface area contributed by atoms with Crippen molar-refractivity contribution in [1.82, 2.24) is 4.98 Å².